The van der Waals surface area contributed by atoms with Gasteiger partial charge in [-0.3, -0.25) is 4.79 Å². The standard InChI is InChI=1S/C13H13ClN2O2/c1-9(12(17)13-15-6-7-16(13)2)18-11-5-3-4-10(14)8-11/h3-9H,1-2H3. The van der Waals surface area contributed by atoms with Gasteiger partial charge in [0.15, 0.2) is 11.9 Å². The van der Waals surface area contributed by atoms with Gasteiger partial charge in [0.1, 0.15) is 5.75 Å². The molecule has 4 nitrogen and oxygen atoms in total. The lowest BCUT2D eigenvalue weighted by Gasteiger charge is -2.13. The molecule has 5 heteroatoms. The molecular formula is C13H13ClN2O2. The summed E-state index contributed by atoms with van der Waals surface area (Å²) in [5, 5.41) is 0.573. The van der Waals surface area contributed by atoms with Crippen LogP contribution in [0.25, 0.3) is 0 Å². The number of hydrogen-bond acceptors (Lipinski definition) is 3. The van der Waals surface area contributed by atoms with E-state index in [0.29, 0.717) is 16.6 Å². The van der Waals surface area contributed by atoms with E-state index in [1.54, 1.807) is 55.2 Å². The summed E-state index contributed by atoms with van der Waals surface area (Å²) in [5.41, 5.74) is 0. The first kappa shape index (κ1) is 12.6. The lowest BCUT2D eigenvalue weighted by atomic mass is 10.2. The number of ether oxygens (including phenoxy) is 1. The van der Waals surface area contributed by atoms with Crippen molar-refractivity contribution < 1.29 is 9.53 Å². The molecule has 1 heterocycles. The summed E-state index contributed by atoms with van der Waals surface area (Å²) in [6.45, 7) is 1.69. The van der Waals surface area contributed by atoms with E-state index in [2.05, 4.69) is 4.98 Å². The number of Topliss-reactive ketones (excluding diaryl/α,β-unsaturated/α-hetero) is 1. The molecule has 0 spiro atoms. The molecule has 1 unspecified atom stereocenters. The number of nitrogens with zero attached hydrogens (tertiary/aromatic N) is 2. The van der Waals surface area contributed by atoms with Crippen LogP contribution in [0.4, 0.5) is 0 Å². The first-order valence-corrected chi connectivity index (χ1v) is 5.89. The smallest absolute Gasteiger partial charge is 0.238 e. The minimum atomic E-state index is -0.607. The van der Waals surface area contributed by atoms with Crippen molar-refractivity contribution in [2.45, 2.75) is 13.0 Å². The van der Waals surface area contributed by atoms with E-state index in [-0.39, 0.29) is 5.78 Å². The second kappa shape index (κ2) is 5.23. The lowest BCUT2D eigenvalue weighted by Crippen LogP contribution is -2.26. The first-order chi connectivity index (χ1) is 8.58. The Morgan fingerprint density at radius 2 is 2.28 bits per heavy atom. The maximum Gasteiger partial charge on any atom is 0.238 e. The molecule has 0 N–H and O–H groups in total. The maximum atomic E-state index is 12.1. The second-order valence-electron chi connectivity index (χ2n) is 3.94. The van der Waals surface area contributed by atoms with E-state index in [0.717, 1.165) is 0 Å². The Balaban J connectivity index is 2.11. The molecule has 0 amide bonds. The van der Waals surface area contributed by atoms with Gasteiger partial charge in [-0.05, 0) is 25.1 Å². The highest BCUT2D eigenvalue weighted by Gasteiger charge is 2.20. The van der Waals surface area contributed by atoms with Gasteiger partial charge in [0, 0.05) is 24.5 Å². The van der Waals surface area contributed by atoms with Gasteiger partial charge in [-0.15, -0.1) is 0 Å². The number of rotatable bonds is 4. The van der Waals surface area contributed by atoms with Crippen LogP contribution >= 0.6 is 11.6 Å². The highest BCUT2D eigenvalue weighted by Crippen LogP contribution is 2.19. The number of halogens is 1. The fourth-order valence-electron chi connectivity index (χ4n) is 1.58. The zero-order chi connectivity index (χ0) is 13.1. The van der Waals surface area contributed by atoms with Crippen molar-refractivity contribution in [2.24, 2.45) is 7.05 Å². The molecule has 1 aromatic carbocycles. The van der Waals surface area contributed by atoms with Crippen molar-refractivity contribution in [3.05, 3.63) is 47.5 Å². The first-order valence-electron chi connectivity index (χ1n) is 5.51. The molecule has 0 fully saturated rings. The van der Waals surface area contributed by atoms with E-state index >= 15 is 0 Å². The van der Waals surface area contributed by atoms with Crippen molar-refractivity contribution in [1.29, 1.82) is 0 Å². The average Bonchev–Trinajstić information content (AvgIpc) is 2.74. The van der Waals surface area contributed by atoms with E-state index < -0.39 is 6.10 Å². The van der Waals surface area contributed by atoms with Crippen LogP contribution < -0.4 is 4.74 Å². The van der Waals surface area contributed by atoms with Crippen molar-refractivity contribution in [2.75, 3.05) is 0 Å². The number of ketones is 1. The van der Waals surface area contributed by atoms with Gasteiger partial charge >= 0.3 is 0 Å². The van der Waals surface area contributed by atoms with Gasteiger partial charge in [0.2, 0.25) is 5.78 Å². The van der Waals surface area contributed by atoms with Crippen molar-refractivity contribution in [3.8, 4) is 5.75 Å². The Kier molecular flexibility index (Phi) is 3.67. The Bertz CT molecular complexity index is 566. The number of imidazole rings is 1. The normalized spacial score (nSPS) is 12.2. The third-order valence-electron chi connectivity index (χ3n) is 2.52. The van der Waals surface area contributed by atoms with E-state index in [1.807, 2.05) is 0 Å². The van der Waals surface area contributed by atoms with Crippen molar-refractivity contribution in [1.82, 2.24) is 9.55 Å². The molecule has 0 saturated carbocycles. The average molecular weight is 265 g/mol. The maximum absolute atomic E-state index is 12.1. The summed E-state index contributed by atoms with van der Waals surface area (Å²) in [6.07, 6.45) is 2.70. The van der Waals surface area contributed by atoms with Crippen LogP contribution in [-0.2, 0) is 7.05 Å². The third-order valence-corrected chi connectivity index (χ3v) is 2.75. The second-order valence-corrected chi connectivity index (χ2v) is 4.38. The van der Waals surface area contributed by atoms with Crippen LogP contribution in [-0.4, -0.2) is 21.4 Å². The Morgan fingerprint density at radius 3 is 2.89 bits per heavy atom. The highest BCUT2D eigenvalue weighted by molar-refractivity contribution is 6.30. The quantitative estimate of drug-likeness (QED) is 0.798. The van der Waals surface area contributed by atoms with Crippen LogP contribution in [0.1, 0.15) is 17.5 Å². The summed E-state index contributed by atoms with van der Waals surface area (Å²) in [6, 6.07) is 6.95. The van der Waals surface area contributed by atoms with Gasteiger partial charge in [0.05, 0.1) is 0 Å². The topological polar surface area (TPSA) is 44.1 Å². The minimum Gasteiger partial charge on any atom is -0.482 e. The molecule has 0 bridgehead atoms. The van der Waals surface area contributed by atoms with Crippen molar-refractivity contribution >= 4 is 17.4 Å². The van der Waals surface area contributed by atoms with Gasteiger partial charge in [0.25, 0.3) is 0 Å². The monoisotopic (exact) mass is 264 g/mol. The van der Waals surface area contributed by atoms with E-state index in [1.165, 1.54) is 0 Å². The molecule has 1 atom stereocenters. The number of hydrogen-bond donors (Lipinski definition) is 0. The summed E-state index contributed by atoms with van der Waals surface area (Å²) < 4.78 is 7.22. The summed E-state index contributed by atoms with van der Waals surface area (Å²) in [7, 11) is 1.77. The molecular weight excluding hydrogens is 252 g/mol. The number of carbonyl (C=O) groups is 1. The fraction of sp³-hybridized carbons (Fsp3) is 0.231. The summed E-state index contributed by atoms with van der Waals surface area (Å²) in [5.74, 6) is 0.782. The fourth-order valence-corrected chi connectivity index (χ4v) is 1.76. The van der Waals surface area contributed by atoms with Crippen LogP contribution in [0.3, 0.4) is 0 Å². The van der Waals surface area contributed by atoms with Crippen LogP contribution in [0.5, 0.6) is 5.75 Å². The zero-order valence-corrected chi connectivity index (χ0v) is 10.9. The molecule has 94 valence electrons. The van der Waals surface area contributed by atoms with Crippen LogP contribution in [0, 0.1) is 0 Å². The number of benzene rings is 1. The van der Waals surface area contributed by atoms with Gasteiger partial charge in [-0.25, -0.2) is 4.98 Å². The number of aromatic nitrogens is 2. The van der Waals surface area contributed by atoms with Crippen LogP contribution in [0.2, 0.25) is 5.02 Å². The number of carbonyl (C=O) groups excluding carboxylic acids is 1. The molecule has 0 aliphatic carbocycles. The zero-order valence-electron chi connectivity index (χ0n) is 10.1. The Morgan fingerprint density at radius 1 is 1.50 bits per heavy atom. The predicted octanol–water partition coefficient (Wildman–Crippen LogP) is 2.72. The Hall–Kier alpha value is -1.81. The molecule has 2 rings (SSSR count). The SMILES string of the molecule is CC(Oc1cccc(Cl)c1)C(=O)c1nccn1C. The number of aryl methyl sites for hydroxylation is 1. The molecule has 0 radical (unpaired) electrons. The van der Waals surface area contributed by atoms with Gasteiger partial charge < -0.3 is 9.30 Å². The predicted molar refractivity (Wildman–Crippen MR) is 69.1 cm³/mol. The molecule has 18 heavy (non-hydrogen) atoms. The van der Waals surface area contributed by atoms with Crippen molar-refractivity contribution in [3.63, 3.8) is 0 Å². The molecule has 0 saturated heterocycles. The summed E-state index contributed by atoms with van der Waals surface area (Å²) >= 11 is 5.85. The Labute approximate surface area is 110 Å². The van der Waals surface area contributed by atoms with Crippen LogP contribution in [0.15, 0.2) is 36.7 Å². The molecule has 0 aliphatic heterocycles. The molecule has 2 aromatic rings. The largest absolute Gasteiger partial charge is 0.482 e. The van der Waals surface area contributed by atoms with E-state index in [9.17, 15) is 4.79 Å². The lowest BCUT2D eigenvalue weighted by molar-refractivity contribution is 0.0803. The minimum absolute atomic E-state index is 0.164. The molecule has 1 aromatic heterocycles. The summed E-state index contributed by atoms with van der Waals surface area (Å²) in [4.78, 5) is 16.1. The van der Waals surface area contributed by atoms with Gasteiger partial charge in [-0.2, -0.15) is 0 Å². The molecule has 0 aliphatic rings. The highest BCUT2D eigenvalue weighted by atomic mass is 35.5. The van der Waals surface area contributed by atoms with E-state index in [4.69, 9.17) is 16.3 Å². The third kappa shape index (κ3) is 2.71. The van der Waals surface area contributed by atoms with Gasteiger partial charge in [-0.1, -0.05) is 17.7 Å².